The van der Waals surface area contributed by atoms with Gasteiger partial charge >= 0.3 is 0 Å². The zero-order valence-electron chi connectivity index (χ0n) is 15.1. The fourth-order valence-electron chi connectivity index (χ4n) is 2.49. The highest BCUT2D eigenvalue weighted by Gasteiger charge is 2.19. The molecule has 1 N–H and O–H groups in total. The number of aryl methyl sites for hydroxylation is 1. The number of benzene rings is 2. The molecule has 7 heteroatoms. The molecule has 27 heavy (non-hydrogen) atoms. The molecule has 0 aliphatic rings. The van der Waals surface area contributed by atoms with Crippen molar-refractivity contribution >= 4 is 17.5 Å². The third-order valence-corrected chi connectivity index (χ3v) is 4.17. The van der Waals surface area contributed by atoms with E-state index in [1.54, 1.807) is 24.3 Å². The average molecular weight is 386 g/mol. The van der Waals surface area contributed by atoms with E-state index in [1.807, 2.05) is 38.1 Å². The Morgan fingerprint density at radius 2 is 2.04 bits per heavy atom. The lowest BCUT2D eigenvalue weighted by Crippen LogP contribution is -2.37. The van der Waals surface area contributed by atoms with Gasteiger partial charge in [0.15, 0.2) is 6.10 Å². The molecule has 0 fully saturated rings. The maximum Gasteiger partial charge on any atom is 0.261 e. The number of nitrogens with zero attached hydrogens (tertiary/aromatic N) is 2. The van der Waals surface area contributed by atoms with Gasteiger partial charge < -0.3 is 14.6 Å². The fraction of sp³-hybridized carbons (Fsp3) is 0.250. The summed E-state index contributed by atoms with van der Waals surface area (Å²) in [6.45, 7) is 4.00. The lowest BCUT2D eigenvalue weighted by atomic mass is 10.2. The molecule has 0 saturated carbocycles. The van der Waals surface area contributed by atoms with Crippen molar-refractivity contribution in [1.29, 1.82) is 0 Å². The molecule has 1 aromatic heterocycles. The van der Waals surface area contributed by atoms with E-state index in [1.165, 1.54) is 0 Å². The molecule has 3 rings (SSSR count). The van der Waals surface area contributed by atoms with E-state index in [0.717, 1.165) is 11.1 Å². The summed E-state index contributed by atoms with van der Waals surface area (Å²) in [5.74, 6) is 1.20. The molecule has 2 aromatic carbocycles. The Hall–Kier alpha value is -2.86. The van der Waals surface area contributed by atoms with Gasteiger partial charge in [-0.25, -0.2) is 0 Å². The second-order valence-corrected chi connectivity index (χ2v) is 6.50. The van der Waals surface area contributed by atoms with Crippen molar-refractivity contribution in [2.75, 3.05) is 0 Å². The minimum Gasteiger partial charge on any atom is -0.481 e. The summed E-state index contributed by atoms with van der Waals surface area (Å²) >= 11 is 5.88. The van der Waals surface area contributed by atoms with E-state index in [0.29, 0.717) is 28.9 Å². The summed E-state index contributed by atoms with van der Waals surface area (Å²) in [6, 6.07) is 14.7. The number of hydrogen-bond acceptors (Lipinski definition) is 5. The van der Waals surface area contributed by atoms with Crippen molar-refractivity contribution in [3.05, 3.63) is 65.0 Å². The van der Waals surface area contributed by atoms with E-state index in [4.69, 9.17) is 20.9 Å². The van der Waals surface area contributed by atoms with Crippen LogP contribution in [0.1, 0.15) is 24.8 Å². The summed E-state index contributed by atoms with van der Waals surface area (Å²) < 4.78 is 11.0. The van der Waals surface area contributed by atoms with Crippen molar-refractivity contribution in [2.24, 2.45) is 0 Å². The van der Waals surface area contributed by atoms with Gasteiger partial charge in [0.2, 0.25) is 11.7 Å². The Labute approximate surface area is 162 Å². The normalized spacial score (nSPS) is 11.8. The first-order chi connectivity index (χ1) is 13.0. The van der Waals surface area contributed by atoms with E-state index in [-0.39, 0.29) is 12.5 Å². The van der Waals surface area contributed by atoms with Crippen LogP contribution in [0.5, 0.6) is 5.75 Å². The first kappa shape index (κ1) is 18.9. The molecule has 140 valence electrons. The zero-order chi connectivity index (χ0) is 19.2. The molecule has 1 amide bonds. The lowest BCUT2D eigenvalue weighted by Gasteiger charge is -2.17. The minimum absolute atomic E-state index is 0.132. The van der Waals surface area contributed by atoms with Gasteiger partial charge in [0.05, 0.1) is 6.54 Å². The maximum absolute atomic E-state index is 12.4. The molecule has 0 radical (unpaired) electrons. The molecule has 1 heterocycles. The van der Waals surface area contributed by atoms with E-state index in [9.17, 15) is 4.79 Å². The van der Waals surface area contributed by atoms with Gasteiger partial charge in [-0.3, -0.25) is 4.79 Å². The summed E-state index contributed by atoms with van der Waals surface area (Å²) in [7, 11) is 0. The molecule has 0 bridgehead atoms. The number of aromatic nitrogens is 2. The summed E-state index contributed by atoms with van der Waals surface area (Å²) in [4.78, 5) is 16.7. The Kier molecular flexibility index (Phi) is 6.08. The van der Waals surface area contributed by atoms with Crippen LogP contribution in [0.2, 0.25) is 5.02 Å². The van der Waals surface area contributed by atoms with Gasteiger partial charge in [-0.05, 0) is 55.3 Å². The van der Waals surface area contributed by atoms with Crippen LogP contribution in [0.25, 0.3) is 11.4 Å². The SMILES string of the molecule is CC[C@H](Oc1cccc(C)c1)C(=O)NCc1nc(-c2ccc(Cl)cc2)no1. The minimum atomic E-state index is -0.592. The third-order valence-electron chi connectivity index (χ3n) is 3.92. The Balaban J connectivity index is 1.58. The fourth-order valence-corrected chi connectivity index (χ4v) is 2.62. The van der Waals surface area contributed by atoms with Crippen LogP contribution in [-0.2, 0) is 11.3 Å². The van der Waals surface area contributed by atoms with Gasteiger partial charge in [-0.15, -0.1) is 0 Å². The zero-order valence-corrected chi connectivity index (χ0v) is 15.9. The molecule has 0 aliphatic carbocycles. The number of ether oxygens (including phenoxy) is 1. The predicted molar refractivity (Wildman–Crippen MR) is 102 cm³/mol. The molecule has 0 saturated heterocycles. The van der Waals surface area contributed by atoms with E-state index in [2.05, 4.69) is 15.5 Å². The standard InChI is InChI=1S/C20H20ClN3O3/c1-3-17(26-16-6-4-5-13(2)11-16)20(25)22-12-18-23-19(24-27-18)14-7-9-15(21)10-8-14/h4-11,17H,3,12H2,1-2H3,(H,22,25)/t17-/m0/s1. The number of rotatable bonds is 7. The largest absolute Gasteiger partial charge is 0.481 e. The molecule has 0 unspecified atom stereocenters. The van der Waals surface area contributed by atoms with Gasteiger partial charge in [0.1, 0.15) is 5.75 Å². The van der Waals surface area contributed by atoms with Gasteiger partial charge in [-0.2, -0.15) is 4.98 Å². The van der Waals surface area contributed by atoms with E-state index < -0.39 is 6.10 Å². The van der Waals surface area contributed by atoms with Crippen molar-refractivity contribution in [2.45, 2.75) is 32.9 Å². The highest BCUT2D eigenvalue weighted by atomic mass is 35.5. The lowest BCUT2D eigenvalue weighted by molar-refractivity contribution is -0.128. The average Bonchev–Trinajstić information content (AvgIpc) is 3.14. The Morgan fingerprint density at radius 3 is 2.74 bits per heavy atom. The van der Waals surface area contributed by atoms with Gasteiger partial charge in [-0.1, -0.05) is 35.8 Å². The molecule has 0 spiro atoms. The molecular formula is C20H20ClN3O3. The second-order valence-electron chi connectivity index (χ2n) is 6.07. The van der Waals surface area contributed by atoms with Crippen LogP contribution >= 0.6 is 11.6 Å². The molecule has 1 atom stereocenters. The smallest absolute Gasteiger partial charge is 0.261 e. The maximum atomic E-state index is 12.4. The number of halogens is 1. The molecular weight excluding hydrogens is 366 g/mol. The first-order valence-corrected chi connectivity index (χ1v) is 9.02. The van der Waals surface area contributed by atoms with Crippen molar-refractivity contribution in [3.8, 4) is 17.1 Å². The number of hydrogen-bond donors (Lipinski definition) is 1. The van der Waals surface area contributed by atoms with Crippen LogP contribution in [0.3, 0.4) is 0 Å². The van der Waals surface area contributed by atoms with Crippen molar-refractivity contribution in [3.63, 3.8) is 0 Å². The third kappa shape index (κ3) is 5.08. The topological polar surface area (TPSA) is 77.2 Å². The van der Waals surface area contributed by atoms with Crippen molar-refractivity contribution < 1.29 is 14.1 Å². The van der Waals surface area contributed by atoms with E-state index >= 15 is 0 Å². The second kappa shape index (κ2) is 8.68. The first-order valence-electron chi connectivity index (χ1n) is 8.64. The Bertz CT molecular complexity index is 909. The predicted octanol–water partition coefficient (Wildman–Crippen LogP) is 4.17. The molecule has 6 nitrogen and oxygen atoms in total. The summed E-state index contributed by atoms with van der Waals surface area (Å²) in [5, 5.41) is 7.34. The quantitative estimate of drug-likeness (QED) is 0.660. The van der Waals surface area contributed by atoms with Gasteiger partial charge in [0.25, 0.3) is 5.91 Å². The summed E-state index contributed by atoms with van der Waals surface area (Å²) in [5.41, 5.74) is 1.86. The van der Waals surface area contributed by atoms with Crippen LogP contribution in [0, 0.1) is 6.92 Å². The number of amides is 1. The molecule has 0 aliphatic heterocycles. The highest BCUT2D eigenvalue weighted by molar-refractivity contribution is 6.30. The van der Waals surface area contributed by atoms with Crippen LogP contribution < -0.4 is 10.1 Å². The van der Waals surface area contributed by atoms with Crippen LogP contribution in [0.4, 0.5) is 0 Å². The van der Waals surface area contributed by atoms with Gasteiger partial charge in [0, 0.05) is 10.6 Å². The molecule has 3 aromatic rings. The highest BCUT2D eigenvalue weighted by Crippen LogP contribution is 2.19. The van der Waals surface area contributed by atoms with Crippen LogP contribution in [-0.4, -0.2) is 22.2 Å². The number of carbonyl (C=O) groups excluding carboxylic acids is 1. The number of carbonyl (C=O) groups is 1. The monoisotopic (exact) mass is 385 g/mol. The number of nitrogens with one attached hydrogen (secondary N) is 1. The Morgan fingerprint density at radius 1 is 1.26 bits per heavy atom. The van der Waals surface area contributed by atoms with Crippen LogP contribution in [0.15, 0.2) is 53.1 Å². The van der Waals surface area contributed by atoms with Crippen molar-refractivity contribution in [1.82, 2.24) is 15.5 Å². The summed E-state index contributed by atoms with van der Waals surface area (Å²) in [6.07, 6.45) is -0.0509.